The van der Waals surface area contributed by atoms with E-state index < -0.39 is 30.1 Å². The Bertz CT molecular complexity index is 1090. The molecule has 1 aromatic heterocycles. The van der Waals surface area contributed by atoms with E-state index in [1.807, 2.05) is 37.5 Å². The van der Waals surface area contributed by atoms with E-state index in [0.29, 0.717) is 6.21 Å². The zero-order chi connectivity index (χ0) is 27.7. The first-order chi connectivity index (χ1) is 18.2. The molecule has 0 saturated carbocycles. The summed E-state index contributed by atoms with van der Waals surface area (Å²) in [6.07, 6.45) is 1.16. The van der Waals surface area contributed by atoms with E-state index in [4.69, 9.17) is 10.1 Å². The van der Waals surface area contributed by atoms with Crippen molar-refractivity contribution in [2.45, 2.75) is 57.6 Å². The third-order valence-electron chi connectivity index (χ3n) is 6.66. The molecule has 0 aliphatic carbocycles. The summed E-state index contributed by atoms with van der Waals surface area (Å²) in [6, 6.07) is 5.91. The third-order valence-corrected chi connectivity index (χ3v) is 6.66. The van der Waals surface area contributed by atoms with Crippen molar-refractivity contribution < 1.29 is 24.2 Å². The number of amides is 2. The number of piperazine rings is 1. The lowest BCUT2D eigenvalue weighted by Crippen LogP contribution is -2.56. The summed E-state index contributed by atoms with van der Waals surface area (Å²) in [5.74, 6) is -1.17. The van der Waals surface area contributed by atoms with Crippen LogP contribution in [-0.2, 0) is 25.5 Å². The molecular weight excluding hydrogens is 488 g/mol. The minimum absolute atomic E-state index is 0.0319. The van der Waals surface area contributed by atoms with Gasteiger partial charge in [-0.05, 0) is 38.9 Å². The van der Waals surface area contributed by atoms with Gasteiger partial charge in [-0.1, -0.05) is 18.2 Å². The van der Waals surface area contributed by atoms with E-state index in [1.165, 1.54) is 0 Å². The molecule has 2 aromatic rings. The number of ether oxygens (including phenoxy) is 1. The summed E-state index contributed by atoms with van der Waals surface area (Å²) in [4.78, 5) is 45.7. The number of aliphatic hydroxyl groups excluding tert-OH is 1. The molecule has 1 unspecified atom stereocenters. The number of para-hydroxylation sites is 1. The van der Waals surface area contributed by atoms with Crippen LogP contribution in [-0.4, -0.2) is 108 Å². The van der Waals surface area contributed by atoms with E-state index in [-0.39, 0.29) is 37.8 Å². The second-order valence-electron chi connectivity index (χ2n) is 10.1. The molecular formula is C27H40N6O5. The first-order valence-electron chi connectivity index (χ1n) is 13.1. The molecule has 3 atom stereocenters. The highest BCUT2D eigenvalue weighted by atomic mass is 16.6. The highest BCUT2D eigenvalue weighted by molar-refractivity contribution is 6.26. The Morgan fingerprint density at radius 3 is 2.55 bits per heavy atom. The number of aliphatic hydroxyl groups is 1. The van der Waals surface area contributed by atoms with Crippen molar-refractivity contribution in [2.24, 2.45) is 0 Å². The Balaban J connectivity index is 1.76. The molecule has 1 aliphatic heterocycles. The van der Waals surface area contributed by atoms with Crippen LogP contribution in [0.3, 0.4) is 0 Å². The summed E-state index contributed by atoms with van der Waals surface area (Å²) in [5, 5.41) is 24.4. The maximum atomic E-state index is 13.5. The van der Waals surface area contributed by atoms with Gasteiger partial charge < -0.3 is 35.8 Å². The lowest BCUT2D eigenvalue weighted by Gasteiger charge is -2.32. The Hall–Kier alpha value is -3.12. The fourth-order valence-electron chi connectivity index (χ4n) is 4.49. The SMILES string of the molecule is CC(C)OC(O)[C@H](CCC(=O)C=N)NC(=O)[C@H](Cc1c[nH]c2ccccc12)NC(=O)CN1CCN(C)CC1. The summed E-state index contributed by atoms with van der Waals surface area (Å²) in [5.41, 5.74) is 1.80. The van der Waals surface area contributed by atoms with Gasteiger partial charge in [-0.25, -0.2) is 0 Å². The average molecular weight is 529 g/mol. The first-order valence-corrected chi connectivity index (χ1v) is 13.1. The van der Waals surface area contributed by atoms with Crippen LogP contribution in [0.4, 0.5) is 0 Å². The lowest BCUT2D eigenvalue weighted by atomic mass is 10.0. The van der Waals surface area contributed by atoms with Gasteiger partial charge in [0.15, 0.2) is 12.1 Å². The van der Waals surface area contributed by atoms with E-state index in [9.17, 15) is 19.5 Å². The monoisotopic (exact) mass is 528 g/mol. The quantitative estimate of drug-likeness (QED) is 0.179. The molecule has 11 nitrogen and oxygen atoms in total. The molecule has 11 heteroatoms. The van der Waals surface area contributed by atoms with Gasteiger partial charge in [0.2, 0.25) is 11.8 Å². The van der Waals surface area contributed by atoms with E-state index in [0.717, 1.165) is 42.6 Å². The molecule has 1 aliphatic rings. The predicted molar refractivity (Wildman–Crippen MR) is 145 cm³/mol. The van der Waals surface area contributed by atoms with Crippen molar-refractivity contribution in [3.8, 4) is 0 Å². The van der Waals surface area contributed by atoms with Crippen molar-refractivity contribution in [2.75, 3.05) is 39.8 Å². The Morgan fingerprint density at radius 1 is 1.16 bits per heavy atom. The number of rotatable bonds is 14. The van der Waals surface area contributed by atoms with Crippen LogP contribution < -0.4 is 10.6 Å². The molecule has 1 saturated heterocycles. The molecule has 0 spiro atoms. The smallest absolute Gasteiger partial charge is 0.243 e. The van der Waals surface area contributed by atoms with E-state index >= 15 is 0 Å². The van der Waals surface area contributed by atoms with Crippen LogP contribution in [0.2, 0.25) is 0 Å². The van der Waals surface area contributed by atoms with Gasteiger partial charge in [0.25, 0.3) is 0 Å². The largest absolute Gasteiger partial charge is 0.366 e. The molecule has 38 heavy (non-hydrogen) atoms. The third kappa shape index (κ3) is 8.73. The van der Waals surface area contributed by atoms with Crippen LogP contribution in [0.25, 0.3) is 10.9 Å². The van der Waals surface area contributed by atoms with Crippen LogP contribution in [0.15, 0.2) is 30.5 Å². The van der Waals surface area contributed by atoms with Gasteiger partial charge in [-0.15, -0.1) is 0 Å². The van der Waals surface area contributed by atoms with Gasteiger partial charge >= 0.3 is 0 Å². The minimum Gasteiger partial charge on any atom is -0.366 e. The number of carbonyl (C=O) groups excluding carboxylic acids is 3. The maximum absolute atomic E-state index is 13.5. The number of hydrogen-bond donors (Lipinski definition) is 5. The van der Waals surface area contributed by atoms with Crippen molar-refractivity contribution in [1.29, 1.82) is 5.41 Å². The van der Waals surface area contributed by atoms with Crippen molar-refractivity contribution in [3.63, 3.8) is 0 Å². The number of benzene rings is 1. The standard InChI is InChI=1S/C27H40N6O5/c1-18(2)38-27(37)23(9-8-20(34)15-28)31-26(36)24(14-19-16-29-22-7-5-4-6-21(19)22)30-25(35)17-33-12-10-32(3)11-13-33/h4-7,15-16,18,23-24,27-29,37H,8-14,17H2,1-3H3,(H,30,35)(H,31,36)/t23-,24-,27?/m0/s1. The normalized spacial score (nSPS) is 17.2. The van der Waals surface area contributed by atoms with Gasteiger partial charge in [-0.3, -0.25) is 19.3 Å². The van der Waals surface area contributed by atoms with Crippen LogP contribution >= 0.6 is 0 Å². The van der Waals surface area contributed by atoms with Crippen LogP contribution in [0.5, 0.6) is 0 Å². The average Bonchev–Trinajstić information content (AvgIpc) is 3.29. The number of fused-ring (bicyclic) bond motifs is 1. The number of carbonyl (C=O) groups is 3. The molecule has 2 amide bonds. The summed E-state index contributed by atoms with van der Waals surface area (Å²) in [6.45, 7) is 6.97. The van der Waals surface area contributed by atoms with E-state index in [2.05, 4.69) is 25.4 Å². The number of likely N-dealkylation sites (N-methyl/N-ethyl adjacent to an activating group) is 1. The molecule has 0 bridgehead atoms. The van der Waals surface area contributed by atoms with Gasteiger partial charge in [0.1, 0.15) is 6.04 Å². The summed E-state index contributed by atoms with van der Waals surface area (Å²) in [7, 11) is 2.04. The molecule has 1 fully saturated rings. The maximum Gasteiger partial charge on any atom is 0.243 e. The Labute approximate surface area is 223 Å². The summed E-state index contributed by atoms with van der Waals surface area (Å²) < 4.78 is 5.48. The minimum atomic E-state index is -1.35. The fraction of sp³-hybridized carbons (Fsp3) is 0.556. The Morgan fingerprint density at radius 2 is 1.87 bits per heavy atom. The van der Waals surface area contributed by atoms with E-state index in [1.54, 1.807) is 13.8 Å². The van der Waals surface area contributed by atoms with Crippen molar-refractivity contribution in [1.82, 2.24) is 25.4 Å². The second-order valence-corrected chi connectivity index (χ2v) is 10.1. The molecule has 5 N–H and O–H groups in total. The molecule has 2 heterocycles. The first kappa shape index (κ1) is 29.4. The number of nitrogens with zero attached hydrogens (tertiary/aromatic N) is 2. The van der Waals surface area contributed by atoms with Gasteiger partial charge in [0.05, 0.1) is 24.9 Å². The number of H-pyrrole nitrogens is 1. The topological polar surface area (TPSA) is 151 Å². The number of nitrogens with one attached hydrogen (secondary N) is 4. The number of aromatic nitrogens is 1. The number of aromatic amines is 1. The molecule has 0 radical (unpaired) electrons. The highest BCUT2D eigenvalue weighted by Gasteiger charge is 2.29. The highest BCUT2D eigenvalue weighted by Crippen LogP contribution is 2.19. The number of ketones is 1. The van der Waals surface area contributed by atoms with Crippen molar-refractivity contribution >= 4 is 34.7 Å². The predicted octanol–water partition coefficient (Wildman–Crippen LogP) is 0.670. The molecule has 3 rings (SSSR count). The number of Topliss-reactive ketones (excluding diaryl/α,β-unsaturated/α-hetero) is 1. The second kappa shape index (κ2) is 14.1. The van der Waals surface area contributed by atoms with Gasteiger partial charge in [-0.2, -0.15) is 0 Å². The Kier molecular flexibility index (Phi) is 11.0. The van der Waals surface area contributed by atoms with Crippen LogP contribution in [0, 0.1) is 5.41 Å². The number of hydrogen-bond acceptors (Lipinski definition) is 8. The van der Waals surface area contributed by atoms with Gasteiger partial charge in [0, 0.05) is 56.1 Å². The van der Waals surface area contributed by atoms with Crippen LogP contribution in [0.1, 0.15) is 32.3 Å². The molecule has 208 valence electrons. The van der Waals surface area contributed by atoms with Crippen molar-refractivity contribution in [3.05, 3.63) is 36.0 Å². The zero-order valence-corrected chi connectivity index (χ0v) is 22.4. The zero-order valence-electron chi connectivity index (χ0n) is 22.4. The lowest BCUT2D eigenvalue weighted by molar-refractivity contribution is -0.152. The molecule has 1 aromatic carbocycles. The fourth-order valence-corrected chi connectivity index (χ4v) is 4.49. The summed E-state index contributed by atoms with van der Waals surface area (Å²) >= 11 is 0.